The van der Waals surface area contributed by atoms with Crippen molar-refractivity contribution in [3.63, 3.8) is 0 Å². The lowest BCUT2D eigenvalue weighted by Gasteiger charge is -2.03. The van der Waals surface area contributed by atoms with Gasteiger partial charge in [0.1, 0.15) is 0 Å². The van der Waals surface area contributed by atoms with Crippen LogP contribution in [0.4, 0.5) is 10.8 Å². The van der Waals surface area contributed by atoms with Gasteiger partial charge in [0.25, 0.3) is 0 Å². The number of carboxylic acid groups (broad SMARTS) is 1. The first-order chi connectivity index (χ1) is 9.70. The second kappa shape index (κ2) is 5.26. The van der Waals surface area contributed by atoms with E-state index in [1.807, 2.05) is 30.3 Å². The Morgan fingerprint density at radius 2 is 2.20 bits per heavy atom. The summed E-state index contributed by atoms with van der Waals surface area (Å²) in [7, 11) is 0. The minimum absolute atomic E-state index is 0.0614. The molecule has 2 aromatic heterocycles. The number of fused-ring (bicyclic) bond motifs is 1. The van der Waals surface area contributed by atoms with E-state index >= 15 is 0 Å². The molecule has 5 nitrogen and oxygen atoms in total. The summed E-state index contributed by atoms with van der Waals surface area (Å²) < 4.78 is 0. The molecular weight excluding hydrogens is 274 g/mol. The van der Waals surface area contributed by atoms with Crippen LogP contribution in [0.2, 0.25) is 0 Å². The minimum atomic E-state index is -0.880. The van der Waals surface area contributed by atoms with Gasteiger partial charge < -0.3 is 10.4 Å². The number of thiazole rings is 1. The molecule has 0 saturated heterocycles. The second-order valence-corrected chi connectivity index (χ2v) is 5.11. The number of anilines is 2. The molecule has 0 unspecified atom stereocenters. The normalized spacial score (nSPS) is 10.6. The molecule has 0 bridgehead atoms. The molecule has 0 spiro atoms. The zero-order valence-electron chi connectivity index (χ0n) is 10.4. The maximum atomic E-state index is 10.6. The third-order valence-corrected chi connectivity index (χ3v) is 3.53. The lowest BCUT2D eigenvalue weighted by molar-refractivity contribution is -0.136. The molecule has 0 aliphatic rings. The summed E-state index contributed by atoms with van der Waals surface area (Å²) in [5.74, 6) is -0.880. The largest absolute Gasteiger partial charge is 0.481 e. The minimum Gasteiger partial charge on any atom is -0.481 e. The van der Waals surface area contributed by atoms with Crippen LogP contribution in [0.3, 0.4) is 0 Å². The first kappa shape index (κ1) is 12.6. The number of aromatic nitrogens is 2. The van der Waals surface area contributed by atoms with Gasteiger partial charge in [0, 0.05) is 10.8 Å². The number of hydrogen-bond acceptors (Lipinski definition) is 5. The summed E-state index contributed by atoms with van der Waals surface area (Å²) in [6.07, 6.45) is 1.68. The van der Waals surface area contributed by atoms with Crippen molar-refractivity contribution in [2.24, 2.45) is 0 Å². The van der Waals surface area contributed by atoms with Gasteiger partial charge in [-0.1, -0.05) is 18.2 Å². The van der Waals surface area contributed by atoms with E-state index in [2.05, 4.69) is 15.3 Å². The average Bonchev–Trinajstić information content (AvgIpc) is 2.85. The maximum absolute atomic E-state index is 10.6. The molecule has 2 N–H and O–H groups in total. The number of nitrogens with zero attached hydrogens (tertiary/aromatic N) is 2. The number of rotatable bonds is 4. The predicted molar refractivity (Wildman–Crippen MR) is 78.5 cm³/mol. The first-order valence-corrected chi connectivity index (χ1v) is 6.87. The summed E-state index contributed by atoms with van der Waals surface area (Å²) in [6.45, 7) is 0. The van der Waals surface area contributed by atoms with E-state index in [0.717, 1.165) is 16.6 Å². The van der Waals surface area contributed by atoms with Crippen molar-refractivity contribution < 1.29 is 9.90 Å². The van der Waals surface area contributed by atoms with E-state index in [1.165, 1.54) is 11.3 Å². The molecule has 100 valence electrons. The Labute approximate surface area is 118 Å². The van der Waals surface area contributed by atoms with Gasteiger partial charge in [-0.15, -0.1) is 11.3 Å². The van der Waals surface area contributed by atoms with Crippen molar-refractivity contribution in [1.82, 2.24) is 9.97 Å². The molecule has 20 heavy (non-hydrogen) atoms. The molecule has 6 heteroatoms. The lowest BCUT2D eigenvalue weighted by Crippen LogP contribution is -2.00. The van der Waals surface area contributed by atoms with E-state index < -0.39 is 5.97 Å². The number of benzene rings is 1. The Hall–Kier alpha value is -2.47. The van der Waals surface area contributed by atoms with E-state index in [-0.39, 0.29) is 6.42 Å². The van der Waals surface area contributed by atoms with Crippen molar-refractivity contribution in [1.29, 1.82) is 0 Å². The quantitative estimate of drug-likeness (QED) is 0.770. The molecule has 0 saturated carbocycles. The van der Waals surface area contributed by atoms with Crippen LogP contribution in [0.25, 0.3) is 10.9 Å². The SMILES string of the molecule is O=C(O)Cc1csc(Nc2cnc3ccccc3c2)n1. The number of hydrogen-bond donors (Lipinski definition) is 2. The first-order valence-electron chi connectivity index (χ1n) is 5.99. The fourth-order valence-electron chi connectivity index (χ4n) is 1.86. The molecule has 0 amide bonds. The average molecular weight is 285 g/mol. The molecule has 0 radical (unpaired) electrons. The van der Waals surface area contributed by atoms with Crippen molar-refractivity contribution in [2.75, 3.05) is 5.32 Å². The van der Waals surface area contributed by atoms with Crippen LogP contribution in [0.5, 0.6) is 0 Å². The third kappa shape index (κ3) is 2.75. The maximum Gasteiger partial charge on any atom is 0.309 e. The third-order valence-electron chi connectivity index (χ3n) is 2.73. The predicted octanol–water partition coefficient (Wildman–Crippen LogP) is 3.06. The van der Waals surface area contributed by atoms with Crippen molar-refractivity contribution >= 4 is 39.0 Å². The number of aliphatic carboxylic acids is 1. The highest BCUT2D eigenvalue weighted by atomic mass is 32.1. The zero-order valence-corrected chi connectivity index (χ0v) is 11.2. The topological polar surface area (TPSA) is 75.1 Å². The summed E-state index contributed by atoms with van der Waals surface area (Å²) in [4.78, 5) is 19.2. The van der Waals surface area contributed by atoms with Gasteiger partial charge in [-0.05, 0) is 12.1 Å². The van der Waals surface area contributed by atoms with Gasteiger partial charge in [-0.3, -0.25) is 9.78 Å². The molecule has 3 rings (SSSR count). The highest BCUT2D eigenvalue weighted by Gasteiger charge is 2.06. The number of nitrogens with one attached hydrogen (secondary N) is 1. The van der Waals surface area contributed by atoms with Crippen LogP contribution in [-0.4, -0.2) is 21.0 Å². The van der Waals surface area contributed by atoms with Crippen LogP contribution in [0, 0.1) is 0 Å². The van der Waals surface area contributed by atoms with Gasteiger partial charge in [-0.2, -0.15) is 0 Å². The summed E-state index contributed by atoms with van der Waals surface area (Å²) in [6, 6.07) is 9.84. The number of pyridine rings is 1. The Morgan fingerprint density at radius 3 is 3.05 bits per heavy atom. The number of para-hydroxylation sites is 1. The molecular formula is C14H11N3O2S. The monoisotopic (exact) mass is 285 g/mol. The summed E-state index contributed by atoms with van der Waals surface area (Å²) in [5, 5.41) is 15.3. The van der Waals surface area contributed by atoms with Crippen LogP contribution in [-0.2, 0) is 11.2 Å². The van der Waals surface area contributed by atoms with Crippen LogP contribution in [0.15, 0.2) is 41.9 Å². The van der Waals surface area contributed by atoms with Crippen molar-refractivity contribution in [3.8, 4) is 0 Å². The van der Waals surface area contributed by atoms with Crippen LogP contribution >= 0.6 is 11.3 Å². The summed E-state index contributed by atoms with van der Waals surface area (Å²) in [5.41, 5.74) is 2.32. The fourth-order valence-corrected chi connectivity index (χ4v) is 2.59. The van der Waals surface area contributed by atoms with Gasteiger partial charge in [-0.25, -0.2) is 4.98 Å². The van der Waals surface area contributed by atoms with E-state index in [1.54, 1.807) is 11.6 Å². The molecule has 2 heterocycles. The highest BCUT2D eigenvalue weighted by molar-refractivity contribution is 7.13. The molecule has 1 aromatic carbocycles. The highest BCUT2D eigenvalue weighted by Crippen LogP contribution is 2.23. The molecule has 3 aromatic rings. The van der Waals surface area contributed by atoms with E-state index in [9.17, 15) is 4.79 Å². The second-order valence-electron chi connectivity index (χ2n) is 4.26. The van der Waals surface area contributed by atoms with Crippen molar-refractivity contribution in [2.45, 2.75) is 6.42 Å². The van der Waals surface area contributed by atoms with Crippen LogP contribution < -0.4 is 5.32 Å². The smallest absolute Gasteiger partial charge is 0.309 e. The van der Waals surface area contributed by atoms with Gasteiger partial charge in [0.2, 0.25) is 0 Å². The zero-order chi connectivity index (χ0) is 13.9. The van der Waals surface area contributed by atoms with Crippen LogP contribution in [0.1, 0.15) is 5.69 Å². The Balaban J connectivity index is 1.81. The fraction of sp³-hybridized carbons (Fsp3) is 0.0714. The number of carboxylic acids is 1. The number of carbonyl (C=O) groups is 1. The van der Waals surface area contributed by atoms with Gasteiger partial charge >= 0.3 is 5.97 Å². The Bertz CT molecular complexity index is 770. The molecule has 0 aliphatic heterocycles. The standard InChI is InChI=1S/C14H11N3O2S/c18-13(19)6-11-8-20-14(17-11)16-10-5-9-3-1-2-4-12(9)15-7-10/h1-5,7-8H,6H2,(H,16,17)(H,18,19). The van der Waals surface area contributed by atoms with E-state index in [0.29, 0.717) is 10.8 Å². The molecule has 0 atom stereocenters. The van der Waals surface area contributed by atoms with Gasteiger partial charge in [0.05, 0.1) is 29.5 Å². The van der Waals surface area contributed by atoms with E-state index in [4.69, 9.17) is 5.11 Å². The molecule has 0 fully saturated rings. The lowest BCUT2D eigenvalue weighted by atomic mass is 10.2. The summed E-state index contributed by atoms with van der Waals surface area (Å²) >= 11 is 1.38. The van der Waals surface area contributed by atoms with Crippen molar-refractivity contribution in [3.05, 3.63) is 47.6 Å². The van der Waals surface area contributed by atoms with Gasteiger partial charge in [0.15, 0.2) is 5.13 Å². The molecule has 0 aliphatic carbocycles. The Morgan fingerprint density at radius 1 is 1.35 bits per heavy atom. The Kier molecular flexibility index (Phi) is 3.30.